The van der Waals surface area contributed by atoms with Crippen molar-refractivity contribution < 1.29 is 4.79 Å². The quantitative estimate of drug-likeness (QED) is 0.886. The summed E-state index contributed by atoms with van der Waals surface area (Å²) in [6, 6.07) is 3.23. The minimum Gasteiger partial charge on any atom is -0.348 e. The molecule has 1 fully saturated rings. The predicted molar refractivity (Wildman–Crippen MR) is 95.7 cm³/mol. The van der Waals surface area contributed by atoms with Crippen LogP contribution in [0.15, 0.2) is 21.7 Å². The van der Waals surface area contributed by atoms with E-state index >= 15 is 0 Å². The lowest BCUT2D eigenvalue weighted by Gasteiger charge is -2.34. The SMILES string of the molecule is CC1CCCC(NC(=O)c2ccc3c(=O)n(C)c(=O)n(C)c3n2)C1C. The molecule has 0 aromatic carbocycles. The van der Waals surface area contributed by atoms with E-state index in [0.717, 1.165) is 17.4 Å². The molecular formula is C18H24N4O3. The molecule has 3 atom stereocenters. The number of pyridine rings is 1. The first-order chi connectivity index (χ1) is 11.8. The van der Waals surface area contributed by atoms with Crippen molar-refractivity contribution in [2.45, 2.75) is 39.2 Å². The number of aryl methyl sites for hydroxylation is 1. The lowest BCUT2D eigenvalue weighted by molar-refractivity contribution is 0.0886. The maximum Gasteiger partial charge on any atom is 0.332 e. The van der Waals surface area contributed by atoms with Crippen molar-refractivity contribution in [2.24, 2.45) is 25.9 Å². The van der Waals surface area contributed by atoms with Crippen LogP contribution >= 0.6 is 0 Å². The van der Waals surface area contributed by atoms with Crippen molar-refractivity contribution >= 4 is 16.9 Å². The average Bonchev–Trinajstić information content (AvgIpc) is 2.61. The Bertz CT molecular complexity index is 944. The Morgan fingerprint density at radius 3 is 2.60 bits per heavy atom. The minimum absolute atomic E-state index is 0.126. The molecule has 7 heteroatoms. The second-order valence-corrected chi connectivity index (χ2v) is 7.12. The van der Waals surface area contributed by atoms with Crippen molar-refractivity contribution in [1.29, 1.82) is 0 Å². The monoisotopic (exact) mass is 344 g/mol. The molecule has 0 spiro atoms. The normalized spacial score (nSPS) is 23.6. The van der Waals surface area contributed by atoms with E-state index in [1.54, 1.807) is 19.2 Å². The van der Waals surface area contributed by atoms with E-state index in [-0.39, 0.29) is 23.3 Å². The molecule has 0 radical (unpaired) electrons. The highest BCUT2D eigenvalue weighted by atomic mass is 16.2. The van der Waals surface area contributed by atoms with E-state index in [0.29, 0.717) is 17.2 Å². The number of carbonyl (C=O) groups is 1. The number of rotatable bonds is 2. The van der Waals surface area contributed by atoms with Crippen molar-refractivity contribution in [1.82, 2.24) is 19.4 Å². The van der Waals surface area contributed by atoms with Gasteiger partial charge >= 0.3 is 5.69 Å². The lowest BCUT2D eigenvalue weighted by Crippen LogP contribution is -2.44. The fraction of sp³-hybridized carbons (Fsp3) is 0.556. The van der Waals surface area contributed by atoms with Crippen LogP contribution in [0.2, 0.25) is 0 Å². The zero-order chi connectivity index (χ0) is 18.3. The highest BCUT2D eigenvalue weighted by Crippen LogP contribution is 2.29. The third-order valence-corrected chi connectivity index (χ3v) is 5.56. The third kappa shape index (κ3) is 2.99. The molecule has 2 aromatic heterocycles. The van der Waals surface area contributed by atoms with Crippen molar-refractivity contribution in [3.05, 3.63) is 38.7 Å². The Morgan fingerprint density at radius 1 is 1.16 bits per heavy atom. The Morgan fingerprint density at radius 2 is 1.88 bits per heavy atom. The molecule has 134 valence electrons. The third-order valence-electron chi connectivity index (χ3n) is 5.56. The summed E-state index contributed by atoms with van der Waals surface area (Å²) in [6.45, 7) is 4.37. The van der Waals surface area contributed by atoms with Crippen LogP contribution in [0.25, 0.3) is 11.0 Å². The summed E-state index contributed by atoms with van der Waals surface area (Å²) in [6.07, 6.45) is 3.25. The van der Waals surface area contributed by atoms with Gasteiger partial charge in [-0.1, -0.05) is 26.7 Å². The topological polar surface area (TPSA) is 86.0 Å². The van der Waals surface area contributed by atoms with Crippen LogP contribution in [-0.2, 0) is 14.1 Å². The Kier molecular flexibility index (Phi) is 4.49. The smallest absolute Gasteiger partial charge is 0.332 e. The van der Waals surface area contributed by atoms with Gasteiger partial charge in [0.15, 0.2) is 0 Å². The summed E-state index contributed by atoms with van der Waals surface area (Å²) >= 11 is 0. The molecule has 2 aromatic rings. The number of hydrogen-bond acceptors (Lipinski definition) is 4. The van der Waals surface area contributed by atoms with Gasteiger partial charge in [0.1, 0.15) is 11.3 Å². The molecule has 0 saturated heterocycles. The van der Waals surface area contributed by atoms with Crippen LogP contribution in [-0.4, -0.2) is 26.1 Å². The molecule has 1 saturated carbocycles. The number of hydrogen-bond donors (Lipinski definition) is 1. The van der Waals surface area contributed by atoms with Gasteiger partial charge in [-0.25, -0.2) is 9.78 Å². The van der Waals surface area contributed by atoms with E-state index < -0.39 is 11.2 Å². The summed E-state index contributed by atoms with van der Waals surface area (Å²) < 4.78 is 2.33. The first kappa shape index (κ1) is 17.4. The van der Waals surface area contributed by atoms with Crippen LogP contribution in [0.1, 0.15) is 43.6 Å². The highest BCUT2D eigenvalue weighted by Gasteiger charge is 2.28. The molecule has 0 bridgehead atoms. The summed E-state index contributed by atoms with van der Waals surface area (Å²) in [4.78, 5) is 41.2. The summed E-state index contributed by atoms with van der Waals surface area (Å²) in [5.74, 6) is 0.725. The summed E-state index contributed by atoms with van der Waals surface area (Å²) in [5.41, 5.74) is -0.420. The van der Waals surface area contributed by atoms with E-state index in [2.05, 4.69) is 24.1 Å². The fourth-order valence-corrected chi connectivity index (χ4v) is 3.61. The number of nitrogens with one attached hydrogen (secondary N) is 1. The van der Waals surface area contributed by atoms with Crippen LogP contribution in [0, 0.1) is 11.8 Å². The van der Waals surface area contributed by atoms with Crippen LogP contribution < -0.4 is 16.6 Å². The van der Waals surface area contributed by atoms with E-state index in [4.69, 9.17) is 0 Å². The van der Waals surface area contributed by atoms with Gasteiger partial charge in [0.2, 0.25) is 0 Å². The number of fused-ring (bicyclic) bond motifs is 1. The molecular weight excluding hydrogens is 320 g/mol. The van der Waals surface area contributed by atoms with E-state index in [9.17, 15) is 14.4 Å². The molecule has 1 amide bonds. The van der Waals surface area contributed by atoms with Crippen molar-refractivity contribution in [3.8, 4) is 0 Å². The minimum atomic E-state index is -0.461. The van der Waals surface area contributed by atoms with Crippen LogP contribution in [0.5, 0.6) is 0 Å². The molecule has 3 rings (SSSR count). The summed E-state index contributed by atoms with van der Waals surface area (Å²) in [5, 5.41) is 3.39. The second-order valence-electron chi connectivity index (χ2n) is 7.12. The molecule has 0 aliphatic heterocycles. The number of amides is 1. The van der Waals surface area contributed by atoms with Gasteiger partial charge in [-0.3, -0.25) is 18.7 Å². The standard InChI is InChI=1S/C18H24N4O3/c1-10-6-5-7-13(11(10)2)20-16(23)14-9-8-12-15(19-14)21(3)18(25)22(4)17(12)24/h8-11,13H,5-7H2,1-4H3,(H,20,23). The average molecular weight is 344 g/mol. The van der Waals surface area contributed by atoms with Gasteiger partial charge in [-0.05, 0) is 30.4 Å². The molecule has 7 nitrogen and oxygen atoms in total. The number of aromatic nitrogens is 3. The molecule has 25 heavy (non-hydrogen) atoms. The van der Waals surface area contributed by atoms with Gasteiger partial charge in [-0.15, -0.1) is 0 Å². The molecule has 1 aliphatic carbocycles. The van der Waals surface area contributed by atoms with Crippen molar-refractivity contribution in [3.63, 3.8) is 0 Å². The van der Waals surface area contributed by atoms with Gasteiger partial charge in [-0.2, -0.15) is 0 Å². The van der Waals surface area contributed by atoms with Gasteiger partial charge in [0, 0.05) is 20.1 Å². The zero-order valence-corrected chi connectivity index (χ0v) is 15.1. The van der Waals surface area contributed by atoms with E-state index in [1.807, 2.05) is 0 Å². The number of nitrogens with zero attached hydrogens (tertiary/aromatic N) is 3. The number of carbonyl (C=O) groups excluding carboxylic acids is 1. The van der Waals surface area contributed by atoms with Crippen LogP contribution in [0.3, 0.4) is 0 Å². The van der Waals surface area contributed by atoms with Gasteiger partial charge in [0.25, 0.3) is 11.5 Å². The highest BCUT2D eigenvalue weighted by molar-refractivity contribution is 5.94. The lowest BCUT2D eigenvalue weighted by atomic mass is 9.78. The molecule has 2 heterocycles. The van der Waals surface area contributed by atoms with E-state index in [1.165, 1.54) is 18.0 Å². The zero-order valence-electron chi connectivity index (χ0n) is 15.1. The molecule has 1 N–H and O–H groups in total. The molecule has 1 aliphatic rings. The maximum absolute atomic E-state index is 12.6. The van der Waals surface area contributed by atoms with Crippen LogP contribution in [0.4, 0.5) is 0 Å². The van der Waals surface area contributed by atoms with Crippen molar-refractivity contribution in [2.75, 3.05) is 0 Å². The first-order valence-electron chi connectivity index (χ1n) is 8.69. The predicted octanol–water partition coefficient (Wildman–Crippen LogP) is 1.19. The van der Waals surface area contributed by atoms with Gasteiger partial charge in [0.05, 0.1) is 5.39 Å². The molecule has 3 unspecified atom stereocenters. The maximum atomic E-state index is 12.6. The second kappa shape index (κ2) is 6.46. The fourth-order valence-electron chi connectivity index (χ4n) is 3.61. The van der Waals surface area contributed by atoms with Gasteiger partial charge < -0.3 is 5.32 Å². The largest absolute Gasteiger partial charge is 0.348 e. The Labute approximate surface area is 145 Å². The first-order valence-corrected chi connectivity index (χ1v) is 8.69. The summed E-state index contributed by atoms with van der Waals surface area (Å²) in [7, 11) is 2.97. The Balaban J connectivity index is 1.95. The Hall–Kier alpha value is -2.44.